The Bertz CT molecular complexity index is 608. The normalized spacial score (nSPS) is 19.3. The fourth-order valence-electron chi connectivity index (χ4n) is 3.19. The van der Waals surface area contributed by atoms with Crippen molar-refractivity contribution in [3.63, 3.8) is 0 Å². The number of fused-ring (bicyclic) bond motifs is 1. The SMILES string of the molecule is CCN(Cc1ccc(F)c2cccnc12)C1CCCNC1. The molecule has 0 radical (unpaired) electrons. The van der Waals surface area contributed by atoms with Gasteiger partial charge in [0.25, 0.3) is 0 Å². The minimum atomic E-state index is -0.191. The number of pyridine rings is 1. The molecule has 0 spiro atoms. The third-order valence-electron chi connectivity index (χ3n) is 4.37. The van der Waals surface area contributed by atoms with Gasteiger partial charge in [-0.2, -0.15) is 0 Å². The Kier molecular flexibility index (Phi) is 4.46. The topological polar surface area (TPSA) is 28.2 Å². The Morgan fingerprint density at radius 2 is 2.29 bits per heavy atom. The van der Waals surface area contributed by atoms with Crippen molar-refractivity contribution >= 4 is 10.9 Å². The third-order valence-corrected chi connectivity index (χ3v) is 4.37. The molecule has 1 aliphatic heterocycles. The average molecular weight is 287 g/mol. The van der Waals surface area contributed by atoms with Gasteiger partial charge in [0.05, 0.1) is 5.52 Å². The molecule has 3 rings (SSSR count). The van der Waals surface area contributed by atoms with Crippen LogP contribution >= 0.6 is 0 Å². The number of likely N-dealkylation sites (N-methyl/N-ethyl adjacent to an activating group) is 1. The van der Waals surface area contributed by atoms with Crippen LogP contribution in [-0.2, 0) is 6.54 Å². The second-order valence-corrected chi connectivity index (χ2v) is 5.67. The standard InChI is InChI=1S/C17H22FN3/c1-2-21(14-5-3-9-19-11-14)12-13-7-8-16(18)15-6-4-10-20-17(13)15/h4,6-8,10,14,19H,2-3,5,9,11-12H2,1H3. The van der Waals surface area contributed by atoms with Gasteiger partial charge in [-0.1, -0.05) is 13.0 Å². The largest absolute Gasteiger partial charge is 0.315 e. The Morgan fingerprint density at radius 3 is 3.05 bits per heavy atom. The molecule has 2 aromatic rings. The average Bonchev–Trinajstić information content (AvgIpc) is 2.55. The minimum Gasteiger partial charge on any atom is -0.315 e. The molecule has 0 saturated carbocycles. The van der Waals surface area contributed by atoms with E-state index >= 15 is 0 Å². The van der Waals surface area contributed by atoms with Crippen LogP contribution in [0.25, 0.3) is 10.9 Å². The summed E-state index contributed by atoms with van der Waals surface area (Å²) in [5, 5.41) is 4.08. The molecule has 1 saturated heterocycles. The quantitative estimate of drug-likeness (QED) is 0.937. The van der Waals surface area contributed by atoms with Gasteiger partial charge in [0, 0.05) is 30.7 Å². The van der Waals surface area contributed by atoms with E-state index in [-0.39, 0.29) is 5.82 Å². The first kappa shape index (κ1) is 14.4. The Morgan fingerprint density at radius 1 is 1.38 bits per heavy atom. The summed E-state index contributed by atoms with van der Waals surface area (Å²) >= 11 is 0. The first-order valence-corrected chi connectivity index (χ1v) is 7.76. The number of piperidine rings is 1. The van der Waals surface area contributed by atoms with Crippen LogP contribution in [0.15, 0.2) is 30.5 Å². The summed E-state index contributed by atoms with van der Waals surface area (Å²) in [6, 6.07) is 7.60. The van der Waals surface area contributed by atoms with E-state index in [9.17, 15) is 4.39 Å². The number of hydrogen-bond acceptors (Lipinski definition) is 3. The van der Waals surface area contributed by atoms with Gasteiger partial charge in [-0.15, -0.1) is 0 Å². The minimum absolute atomic E-state index is 0.191. The summed E-state index contributed by atoms with van der Waals surface area (Å²) in [7, 11) is 0. The van der Waals surface area contributed by atoms with Gasteiger partial charge in [-0.3, -0.25) is 9.88 Å². The number of rotatable bonds is 4. The van der Waals surface area contributed by atoms with Gasteiger partial charge in [0.1, 0.15) is 5.82 Å². The lowest BCUT2D eigenvalue weighted by Gasteiger charge is -2.34. The summed E-state index contributed by atoms with van der Waals surface area (Å²) in [5.41, 5.74) is 1.90. The van der Waals surface area contributed by atoms with Crippen LogP contribution in [0.1, 0.15) is 25.3 Å². The molecule has 4 heteroatoms. The van der Waals surface area contributed by atoms with Crippen LogP contribution in [0.4, 0.5) is 4.39 Å². The van der Waals surface area contributed by atoms with Crippen molar-refractivity contribution in [2.45, 2.75) is 32.4 Å². The fraction of sp³-hybridized carbons (Fsp3) is 0.471. The Balaban J connectivity index is 1.87. The summed E-state index contributed by atoms with van der Waals surface area (Å²) in [5.74, 6) is -0.191. The maximum atomic E-state index is 13.9. The molecule has 1 aliphatic rings. The van der Waals surface area contributed by atoms with Gasteiger partial charge >= 0.3 is 0 Å². The molecule has 1 atom stereocenters. The highest BCUT2D eigenvalue weighted by atomic mass is 19.1. The van der Waals surface area contributed by atoms with E-state index in [4.69, 9.17) is 0 Å². The second kappa shape index (κ2) is 6.50. The molecule has 3 nitrogen and oxygen atoms in total. The Labute approximate surface area is 125 Å². The summed E-state index contributed by atoms with van der Waals surface area (Å²) in [6.45, 7) is 6.18. The molecule has 2 heterocycles. The fourth-order valence-corrected chi connectivity index (χ4v) is 3.19. The zero-order valence-electron chi connectivity index (χ0n) is 12.5. The predicted octanol–water partition coefficient (Wildman–Crippen LogP) is 2.95. The second-order valence-electron chi connectivity index (χ2n) is 5.67. The van der Waals surface area contributed by atoms with E-state index < -0.39 is 0 Å². The lowest BCUT2D eigenvalue weighted by Crippen LogP contribution is -2.45. The van der Waals surface area contributed by atoms with Gasteiger partial charge in [-0.25, -0.2) is 4.39 Å². The lowest BCUT2D eigenvalue weighted by atomic mass is 10.0. The highest BCUT2D eigenvalue weighted by Crippen LogP contribution is 2.22. The maximum Gasteiger partial charge on any atom is 0.132 e. The first-order chi connectivity index (χ1) is 10.3. The van der Waals surface area contributed by atoms with Crippen molar-refractivity contribution < 1.29 is 4.39 Å². The van der Waals surface area contributed by atoms with Gasteiger partial charge in [0.15, 0.2) is 0 Å². The third kappa shape index (κ3) is 3.06. The number of nitrogens with one attached hydrogen (secondary N) is 1. The van der Waals surface area contributed by atoms with Crippen LogP contribution in [-0.4, -0.2) is 35.6 Å². The molecule has 1 aromatic heterocycles. The zero-order valence-corrected chi connectivity index (χ0v) is 12.5. The van der Waals surface area contributed by atoms with E-state index in [0.717, 1.165) is 37.3 Å². The van der Waals surface area contributed by atoms with Crippen molar-refractivity contribution in [3.8, 4) is 0 Å². The van der Waals surface area contributed by atoms with Gasteiger partial charge < -0.3 is 5.32 Å². The van der Waals surface area contributed by atoms with Crippen LogP contribution in [0.2, 0.25) is 0 Å². The van der Waals surface area contributed by atoms with Crippen molar-refractivity contribution in [1.82, 2.24) is 15.2 Å². The number of hydrogen-bond donors (Lipinski definition) is 1. The number of aromatic nitrogens is 1. The molecule has 0 bridgehead atoms. The first-order valence-electron chi connectivity index (χ1n) is 7.76. The number of benzene rings is 1. The molecule has 21 heavy (non-hydrogen) atoms. The van der Waals surface area contributed by atoms with Crippen molar-refractivity contribution in [1.29, 1.82) is 0 Å². The van der Waals surface area contributed by atoms with E-state index in [0.29, 0.717) is 11.4 Å². The summed E-state index contributed by atoms with van der Waals surface area (Å²) in [4.78, 5) is 6.86. The molecule has 0 amide bonds. The smallest absolute Gasteiger partial charge is 0.132 e. The molecule has 112 valence electrons. The monoisotopic (exact) mass is 287 g/mol. The molecular formula is C17H22FN3. The predicted molar refractivity (Wildman–Crippen MR) is 83.7 cm³/mol. The van der Waals surface area contributed by atoms with Crippen LogP contribution in [0.3, 0.4) is 0 Å². The summed E-state index contributed by atoms with van der Waals surface area (Å²) in [6.07, 6.45) is 4.20. The van der Waals surface area contributed by atoms with E-state index in [2.05, 4.69) is 22.1 Å². The highest BCUT2D eigenvalue weighted by Gasteiger charge is 2.20. The van der Waals surface area contributed by atoms with Gasteiger partial charge in [-0.05, 0) is 49.7 Å². The van der Waals surface area contributed by atoms with E-state index in [1.807, 2.05) is 6.07 Å². The molecule has 1 aromatic carbocycles. The summed E-state index contributed by atoms with van der Waals surface area (Å²) < 4.78 is 13.9. The highest BCUT2D eigenvalue weighted by molar-refractivity contribution is 5.82. The molecular weight excluding hydrogens is 265 g/mol. The van der Waals surface area contributed by atoms with Gasteiger partial charge in [0.2, 0.25) is 0 Å². The van der Waals surface area contributed by atoms with Crippen LogP contribution in [0, 0.1) is 5.82 Å². The van der Waals surface area contributed by atoms with Crippen molar-refractivity contribution in [2.75, 3.05) is 19.6 Å². The molecule has 0 aliphatic carbocycles. The molecule has 1 unspecified atom stereocenters. The number of halogens is 1. The molecule has 1 N–H and O–H groups in total. The maximum absolute atomic E-state index is 13.9. The van der Waals surface area contributed by atoms with Crippen LogP contribution in [0.5, 0.6) is 0 Å². The van der Waals surface area contributed by atoms with E-state index in [1.165, 1.54) is 12.8 Å². The Hall–Kier alpha value is -1.52. The molecule has 1 fully saturated rings. The van der Waals surface area contributed by atoms with Crippen molar-refractivity contribution in [3.05, 3.63) is 41.8 Å². The lowest BCUT2D eigenvalue weighted by molar-refractivity contribution is 0.166. The van der Waals surface area contributed by atoms with E-state index in [1.54, 1.807) is 24.4 Å². The number of nitrogens with zero attached hydrogens (tertiary/aromatic N) is 2. The van der Waals surface area contributed by atoms with Crippen molar-refractivity contribution in [2.24, 2.45) is 0 Å². The van der Waals surface area contributed by atoms with Crippen LogP contribution < -0.4 is 5.32 Å². The zero-order chi connectivity index (χ0) is 14.7.